The zero-order valence-electron chi connectivity index (χ0n) is 6.02. The van der Waals surface area contributed by atoms with Gasteiger partial charge in [0.2, 0.25) is 0 Å². The smallest absolute Gasteiger partial charge is 0.0167 e. The maximum absolute atomic E-state index is 2.75. The van der Waals surface area contributed by atoms with E-state index in [0.717, 1.165) is 0 Å². The Hall–Kier alpha value is 0.540. The molecule has 0 aromatic heterocycles. The van der Waals surface area contributed by atoms with Crippen molar-refractivity contribution in [2.24, 2.45) is 0 Å². The van der Waals surface area contributed by atoms with Crippen molar-refractivity contribution in [3.8, 4) is 0 Å². The van der Waals surface area contributed by atoms with E-state index in [1.54, 1.807) is 0 Å². The van der Waals surface area contributed by atoms with Crippen LogP contribution in [0.5, 0.6) is 0 Å². The first-order valence-electron chi connectivity index (χ1n) is 2.41. The number of hydrogen-bond acceptors (Lipinski definition) is 1. The highest BCUT2D eigenvalue weighted by atomic mass is 35.5. The first-order valence-corrected chi connectivity index (χ1v) is 2.41. The van der Waals surface area contributed by atoms with E-state index in [0.29, 0.717) is 0 Å². The maximum Gasteiger partial charge on any atom is -0.0167 e. The Morgan fingerprint density at radius 1 is 1.00 bits per heavy atom. The van der Waals surface area contributed by atoms with Gasteiger partial charge in [-0.1, -0.05) is 20.3 Å². The summed E-state index contributed by atoms with van der Waals surface area (Å²) >= 11 is 0. The molecule has 0 heterocycles. The standard InChI is InChI=1S/C3H8.C2H7N.2ClH/c2*1-3-2;;/h3H2,1-2H3;3H,1-2H3;2*1H. The second kappa shape index (κ2) is 50.0. The van der Waals surface area contributed by atoms with Gasteiger partial charge < -0.3 is 5.32 Å². The van der Waals surface area contributed by atoms with E-state index in [9.17, 15) is 0 Å². The minimum atomic E-state index is 0. The summed E-state index contributed by atoms with van der Waals surface area (Å²) in [6, 6.07) is 0. The second-order valence-corrected chi connectivity index (χ2v) is 1.21. The third-order valence-electron chi connectivity index (χ3n) is 0. The molecule has 0 unspecified atom stereocenters. The Bertz CT molecular complexity index is 12.4. The SMILES string of the molecule is CCC.CNC.Cl.Cl. The summed E-state index contributed by atoms with van der Waals surface area (Å²) in [7, 11) is 3.75. The van der Waals surface area contributed by atoms with Gasteiger partial charge in [0.15, 0.2) is 0 Å². The molecule has 0 aliphatic rings. The Balaban J connectivity index is -0.0000000160. The minimum absolute atomic E-state index is 0. The molecule has 0 saturated heterocycles. The highest BCUT2D eigenvalue weighted by Gasteiger charge is 1.35. The lowest BCUT2D eigenvalue weighted by Gasteiger charge is -1.59. The number of nitrogens with one attached hydrogen (secondary N) is 1. The lowest BCUT2D eigenvalue weighted by molar-refractivity contribution is 1.02. The van der Waals surface area contributed by atoms with E-state index in [-0.39, 0.29) is 24.8 Å². The van der Waals surface area contributed by atoms with Crippen molar-refractivity contribution in [1.29, 1.82) is 0 Å². The van der Waals surface area contributed by atoms with Crippen molar-refractivity contribution in [1.82, 2.24) is 5.32 Å². The first-order chi connectivity index (χ1) is 2.83. The molecule has 3 heteroatoms. The third-order valence-corrected chi connectivity index (χ3v) is 0. The maximum atomic E-state index is 2.75. The van der Waals surface area contributed by atoms with Crippen LogP contribution in [-0.4, -0.2) is 14.1 Å². The molecule has 0 amide bonds. The largest absolute Gasteiger partial charge is 0.323 e. The fourth-order valence-corrected chi connectivity index (χ4v) is 0. The van der Waals surface area contributed by atoms with Gasteiger partial charge in [-0.05, 0) is 14.1 Å². The molecule has 0 aromatic rings. The number of hydrogen-bond donors (Lipinski definition) is 1. The summed E-state index contributed by atoms with van der Waals surface area (Å²) < 4.78 is 0. The van der Waals surface area contributed by atoms with E-state index >= 15 is 0 Å². The average Bonchev–Trinajstić information content (AvgIpc) is 1.39. The van der Waals surface area contributed by atoms with Crippen LogP contribution in [0, 0.1) is 0 Å². The summed E-state index contributed by atoms with van der Waals surface area (Å²) in [5, 5.41) is 2.75. The zero-order chi connectivity index (χ0) is 5.41. The summed E-state index contributed by atoms with van der Waals surface area (Å²) in [6.45, 7) is 4.25. The van der Waals surface area contributed by atoms with E-state index in [2.05, 4.69) is 19.2 Å². The summed E-state index contributed by atoms with van der Waals surface area (Å²) in [5.41, 5.74) is 0. The van der Waals surface area contributed by atoms with Gasteiger partial charge in [0.25, 0.3) is 0 Å². The number of rotatable bonds is 0. The predicted molar refractivity (Wildman–Crippen MR) is 45.4 cm³/mol. The van der Waals surface area contributed by atoms with Crippen molar-refractivity contribution in [2.45, 2.75) is 20.3 Å². The first kappa shape index (κ1) is 23.6. The van der Waals surface area contributed by atoms with Crippen LogP contribution in [0.4, 0.5) is 0 Å². The molecule has 0 aromatic carbocycles. The average molecular weight is 162 g/mol. The normalized spacial score (nSPS) is 4.50. The Morgan fingerprint density at radius 2 is 1.00 bits per heavy atom. The molecule has 0 fully saturated rings. The summed E-state index contributed by atoms with van der Waals surface area (Å²) in [6.07, 6.45) is 1.25. The molecule has 8 heavy (non-hydrogen) atoms. The summed E-state index contributed by atoms with van der Waals surface area (Å²) in [4.78, 5) is 0. The molecule has 0 atom stereocenters. The Kier molecular flexibility index (Phi) is 147. The van der Waals surface area contributed by atoms with Gasteiger partial charge in [-0.15, -0.1) is 24.8 Å². The molecule has 0 spiro atoms. The van der Waals surface area contributed by atoms with Crippen molar-refractivity contribution in [2.75, 3.05) is 14.1 Å². The fraction of sp³-hybridized carbons (Fsp3) is 1.00. The molecule has 0 aliphatic heterocycles. The van der Waals surface area contributed by atoms with Crippen LogP contribution in [0.3, 0.4) is 0 Å². The summed E-state index contributed by atoms with van der Waals surface area (Å²) in [5.74, 6) is 0. The highest BCUT2D eigenvalue weighted by Crippen LogP contribution is 1.56. The quantitative estimate of drug-likeness (QED) is 0.575. The minimum Gasteiger partial charge on any atom is -0.323 e. The molecule has 0 rings (SSSR count). The van der Waals surface area contributed by atoms with Crippen molar-refractivity contribution >= 4 is 24.8 Å². The lowest BCUT2D eigenvalue weighted by Crippen LogP contribution is -1.89. The van der Waals surface area contributed by atoms with Crippen LogP contribution >= 0.6 is 24.8 Å². The van der Waals surface area contributed by atoms with Crippen LogP contribution in [0.15, 0.2) is 0 Å². The van der Waals surface area contributed by atoms with E-state index in [4.69, 9.17) is 0 Å². The zero-order valence-corrected chi connectivity index (χ0v) is 7.66. The molecule has 0 aliphatic carbocycles. The van der Waals surface area contributed by atoms with Crippen LogP contribution in [0.2, 0.25) is 0 Å². The fourth-order valence-electron chi connectivity index (χ4n) is 0. The number of halogens is 2. The van der Waals surface area contributed by atoms with Crippen molar-refractivity contribution < 1.29 is 0 Å². The molecule has 1 nitrogen and oxygen atoms in total. The van der Waals surface area contributed by atoms with Gasteiger partial charge in [0.05, 0.1) is 0 Å². The topological polar surface area (TPSA) is 12.0 Å². The Labute approximate surface area is 65.1 Å². The van der Waals surface area contributed by atoms with Gasteiger partial charge >= 0.3 is 0 Å². The van der Waals surface area contributed by atoms with Gasteiger partial charge in [0.1, 0.15) is 0 Å². The predicted octanol–water partition coefficient (Wildman–Crippen LogP) is 2.10. The van der Waals surface area contributed by atoms with Crippen LogP contribution in [0.25, 0.3) is 0 Å². The molecule has 0 radical (unpaired) electrons. The molecular formula is C5H17Cl2N. The van der Waals surface area contributed by atoms with E-state index < -0.39 is 0 Å². The monoisotopic (exact) mass is 161 g/mol. The van der Waals surface area contributed by atoms with Gasteiger partial charge in [-0.3, -0.25) is 0 Å². The molecule has 0 bridgehead atoms. The molecule has 56 valence electrons. The van der Waals surface area contributed by atoms with Crippen molar-refractivity contribution in [3.63, 3.8) is 0 Å². The van der Waals surface area contributed by atoms with E-state index in [1.807, 2.05) is 14.1 Å². The van der Waals surface area contributed by atoms with Crippen molar-refractivity contribution in [3.05, 3.63) is 0 Å². The molecule has 1 N–H and O–H groups in total. The van der Waals surface area contributed by atoms with Crippen LogP contribution in [0.1, 0.15) is 20.3 Å². The molecule has 0 saturated carbocycles. The van der Waals surface area contributed by atoms with Gasteiger partial charge in [-0.2, -0.15) is 0 Å². The lowest BCUT2D eigenvalue weighted by atomic mass is 10.6. The third kappa shape index (κ3) is 688. The second-order valence-electron chi connectivity index (χ2n) is 1.21. The van der Waals surface area contributed by atoms with Crippen LogP contribution < -0.4 is 5.32 Å². The van der Waals surface area contributed by atoms with Gasteiger partial charge in [-0.25, -0.2) is 0 Å². The van der Waals surface area contributed by atoms with Crippen LogP contribution in [-0.2, 0) is 0 Å². The Morgan fingerprint density at radius 3 is 1.00 bits per heavy atom. The molecular weight excluding hydrogens is 145 g/mol. The van der Waals surface area contributed by atoms with Gasteiger partial charge in [0, 0.05) is 0 Å². The highest BCUT2D eigenvalue weighted by molar-refractivity contribution is 5.85. The van der Waals surface area contributed by atoms with E-state index in [1.165, 1.54) is 6.42 Å².